The molecule has 0 aliphatic heterocycles. The van der Waals surface area contributed by atoms with Gasteiger partial charge in [-0.2, -0.15) is 0 Å². The first-order valence-electron chi connectivity index (χ1n) is 5.63. The molecular formula is C14H15FN2. The molecule has 0 amide bonds. The number of nitrogens with zero attached hydrogens (tertiary/aromatic N) is 1. The van der Waals surface area contributed by atoms with E-state index in [1.54, 1.807) is 24.5 Å². The molecule has 2 nitrogen and oxygen atoms in total. The third kappa shape index (κ3) is 3.36. The Morgan fingerprint density at radius 1 is 1.24 bits per heavy atom. The van der Waals surface area contributed by atoms with Gasteiger partial charge in [0.05, 0.1) is 0 Å². The Balaban J connectivity index is 1.96. The van der Waals surface area contributed by atoms with Crippen molar-refractivity contribution in [3.05, 3.63) is 65.7 Å². The molecule has 0 aliphatic carbocycles. The fraction of sp³-hybridized carbons (Fsp3) is 0.214. The van der Waals surface area contributed by atoms with Crippen LogP contribution in [-0.2, 0) is 6.54 Å². The number of hydrogen-bond donors (Lipinski definition) is 1. The van der Waals surface area contributed by atoms with Crippen LogP contribution in [0.2, 0.25) is 0 Å². The summed E-state index contributed by atoms with van der Waals surface area (Å²) in [5.74, 6) is -0.194. The van der Waals surface area contributed by atoms with E-state index in [-0.39, 0.29) is 11.9 Å². The quantitative estimate of drug-likeness (QED) is 0.873. The van der Waals surface area contributed by atoms with Gasteiger partial charge in [0.1, 0.15) is 5.82 Å². The molecule has 0 unspecified atom stereocenters. The van der Waals surface area contributed by atoms with Gasteiger partial charge in [-0.25, -0.2) is 4.39 Å². The summed E-state index contributed by atoms with van der Waals surface area (Å²) in [6.45, 7) is 2.77. The Hall–Kier alpha value is -1.74. The first-order valence-corrected chi connectivity index (χ1v) is 5.63. The summed E-state index contributed by atoms with van der Waals surface area (Å²) in [5, 5.41) is 3.35. The number of rotatable bonds is 4. The summed E-state index contributed by atoms with van der Waals surface area (Å²) in [4.78, 5) is 3.96. The highest BCUT2D eigenvalue weighted by atomic mass is 19.1. The average Bonchev–Trinajstić information content (AvgIpc) is 2.37. The third-order valence-corrected chi connectivity index (χ3v) is 2.71. The van der Waals surface area contributed by atoms with Crippen molar-refractivity contribution in [3.8, 4) is 0 Å². The molecule has 17 heavy (non-hydrogen) atoms. The Labute approximate surface area is 101 Å². The zero-order chi connectivity index (χ0) is 12.1. The lowest BCUT2D eigenvalue weighted by molar-refractivity contribution is 0.565. The summed E-state index contributed by atoms with van der Waals surface area (Å²) in [6, 6.07) is 10.7. The van der Waals surface area contributed by atoms with Gasteiger partial charge in [-0.15, -0.1) is 0 Å². The predicted octanol–water partition coefficient (Wildman–Crippen LogP) is 3.07. The van der Waals surface area contributed by atoms with E-state index >= 15 is 0 Å². The molecular weight excluding hydrogens is 215 g/mol. The van der Waals surface area contributed by atoms with Crippen LogP contribution in [0.15, 0.2) is 48.8 Å². The van der Waals surface area contributed by atoms with E-state index in [0.717, 1.165) is 12.1 Å². The minimum Gasteiger partial charge on any atom is -0.306 e. The van der Waals surface area contributed by atoms with Crippen LogP contribution in [0.5, 0.6) is 0 Å². The number of hydrogen-bond acceptors (Lipinski definition) is 2. The van der Waals surface area contributed by atoms with Crippen molar-refractivity contribution < 1.29 is 4.39 Å². The van der Waals surface area contributed by atoms with Crippen LogP contribution in [-0.4, -0.2) is 4.98 Å². The number of aromatic nitrogens is 1. The molecule has 1 aromatic carbocycles. The minimum absolute atomic E-state index is 0.124. The van der Waals surface area contributed by atoms with E-state index in [0.29, 0.717) is 0 Å². The molecule has 1 N–H and O–H groups in total. The second-order valence-corrected chi connectivity index (χ2v) is 4.01. The second-order valence-electron chi connectivity index (χ2n) is 4.01. The molecule has 0 spiro atoms. The van der Waals surface area contributed by atoms with Gasteiger partial charge in [0.15, 0.2) is 0 Å². The van der Waals surface area contributed by atoms with Crippen LogP contribution in [0.1, 0.15) is 24.1 Å². The fourth-order valence-corrected chi connectivity index (χ4v) is 1.67. The van der Waals surface area contributed by atoms with E-state index in [2.05, 4.69) is 10.3 Å². The first-order chi connectivity index (χ1) is 8.25. The topological polar surface area (TPSA) is 24.9 Å². The van der Waals surface area contributed by atoms with Crippen LogP contribution in [0.3, 0.4) is 0 Å². The molecule has 2 aromatic rings. The lowest BCUT2D eigenvalue weighted by atomic mass is 10.1. The van der Waals surface area contributed by atoms with Crippen LogP contribution >= 0.6 is 0 Å². The molecule has 3 heteroatoms. The van der Waals surface area contributed by atoms with E-state index in [4.69, 9.17) is 0 Å². The Morgan fingerprint density at radius 3 is 2.71 bits per heavy atom. The van der Waals surface area contributed by atoms with Gasteiger partial charge in [-0.1, -0.05) is 12.1 Å². The Morgan fingerprint density at radius 2 is 2.00 bits per heavy atom. The summed E-state index contributed by atoms with van der Waals surface area (Å²) in [5.41, 5.74) is 2.13. The van der Waals surface area contributed by atoms with Crippen LogP contribution in [0, 0.1) is 5.82 Å². The zero-order valence-corrected chi connectivity index (χ0v) is 9.73. The summed E-state index contributed by atoms with van der Waals surface area (Å²) < 4.78 is 13.1. The molecule has 1 aromatic heterocycles. The van der Waals surface area contributed by atoms with E-state index < -0.39 is 0 Å². The van der Waals surface area contributed by atoms with Crippen molar-refractivity contribution >= 4 is 0 Å². The molecule has 0 radical (unpaired) electrons. The third-order valence-electron chi connectivity index (χ3n) is 2.71. The number of halogens is 1. The molecule has 0 saturated heterocycles. The molecule has 0 saturated carbocycles. The minimum atomic E-state index is -0.194. The molecule has 2 rings (SSSR count). The van der Waals surface area contributed by atoms with Crippen molar-refractivity contribution in [2.45, 2.75) is 19.5 Å². The molecule has 0 fully saturated rings. The number of benzene rings is 1. The van der Waals surface area contributed by atoms with Crippen molar-refractivity contribution in [1.82, 2.24) is 10.3 Å². The zero-order valence-electron chi connectivity index (χ0n) is 9.73. The maximum Gasteiger partial charge on any atom is 0.123 e. The highest BCUT2D eigenvalue weighted by Gasteiger charge is 2.05. The number of nitrogens with one attached hydrogen (secondary N) is 1. The maximum absolute atomic E-state index is 13.1. The molecule has 0 bridgehead atoms. The molecule has 88 valence electrons. The largest absolute Gasteiger partial charge is 0.306 e. The highest BCUT2D eigenvalue weighted by molar-refractivity contribution is 5.20. The van der Waals surface area contributed by atoms with Crippen LogP contribution in [0.25, 0.3) is 0 Å². The average molecular weight is 230 g/mol. The monoisotopic (exact) mass is 230 g/mol. The van der Waals surface area contributed by atoms with Gasteiger partial charge in [0.2, 0.25) is 0 Å². The van der Waals surface area contributed by atoms with E-state index in [1.165, 1.54) is 11.6 Å². The maximum atomic E-state index is 13.1. The predicted molar refractivity (Wildman–Crippen MR) is 65.9 cm³/mol. The normalized spacial score (nSPS) is 12.4. The van der Waals surface area contributed by atoms with E-state index in [1.807, 2.05) is 25.1 Å². The summed E-state index contributed by atoms with van der Waals surface area (Å²) in [6.07, 6.45) is 3.54. The van der Waals surface area contributed by atoms with Gasteiger partial charge in [0, 0.05) is 25.0 Å². The lowest BCUT2D eigenvalue weighted by Gasteiger charge is -2.14. The lowest BCUT2D eigenvalue weighted by Crippen LogP contribution is -2.18. The van der Waals surface area contributed by atoms with Crippen molar-refractivity contribution in [2.75, 3.05) is 0 Å². The van der Waals surface area contributed by atoms with Crippen molar-refractivity contribution in [1.29, 1.82) is 0 Å². The summed E-state index contributed by atoms with van der Waals surface area (Å²) >= 11 is 0. The summed E-state index contributed by atoms with van der Waals surface area (Å²) in [7, 11) is 0. The van der Waals surface area contributed by atoms with Crippen molar-refractivity contribution in [3.63, 3.8) is 0 Å². The van der Waals surface area contributed by atoms with E-state index in [9.17, 15) is 4.39 Å². The van der Waals surface area contributed by atoms with Gasteiger partial charge in [-0.3, -0.25) is 4.98 Å². The second kappa shape index (κ2) is 5.55. The van der Waals surface area contributed by atoms with Gasteiger partial charge >= 0.3 is 0 Å². The SMILES string of the molecule is C[C@H](NCc1ccncc1)c1cccc(F)c1. The molecule has 0 aliphatic rings. The molecule has 1 heterocycles. The fourth-order valence-electron chi connectivity index (χ4n) is 1.67. The molecule has 1 atom stereocenters. The van der Waals surface area contributed by atoms with Gasteiger partial charge in [-0.05, 0) is 42.3 Å². The Bertz CT molecular complexity index is 471. The number of pyridine rings is 1. The van der Waals surface area contributed by atoms with Crippen molar-refractivity contribution in [2.24, 2.45) is 0 Å². The standard InChI is InChI=1S/C14H15FN2/c1-11(13-3-2-4-14(15)9-13)17-10-12-5-7-16-8-6-12/h2-9,11,17H,10H2,1H3/t11-/m0/s1. The smallest absolute Gasteiger partial charge is 0.123 e. The Kier molecular flexibility index (Phi) is 3.83. The first kappa shape index (κ1) is 11.7. The van der Waals surface area contributed by atoms with Crippen LogP contribution in [0.4, 0.5) is 4.39 Å². The van der Waals surface area contributed by atoms with Crippen LogP contribution < -0.4 is 5.32 Å². The highest BCUT2D eigenvalue weighted by Crippen LogP contribution is 2.14. The van der Waals surface area contributed by atoms with Gasteiger partial charge < -0.3 is 5.32 Å². The van der Waals surface area contributed by atoms with Gasteiger partial charge in [0.25, 0.3) is 0 Å².